The lowest BCUT2D eigenvalue weighted by Gasteiger charge is -1.76. The molecule has 0 aromatic carbocycles. The summed E-state index contributed by atoms with van der Waals surface area (Å²) in [6.07, 6.45) is 2.86. The molecule has 0 spiro atoms. The molecule has 1 heterocycles. The number of rotatable bonds is 1. The molecule has 1 aromatic rings. The van der Waals surface area contributed by atoms with Gasteiger partial charge in [-0.1, -0.05) is 6.58 Å². The van der Waals surface area contributed by atoms with Crippen LogP contribution in [0.4, 0.5) is 0 Å². The number of nitrogens with one attached hydrogen (secondary N) is 1. The van der Waals surface area contributed by atoms with Gasteiger partial charge in [-0.05, 0) is 6.08 Å². The molecule has 0 unspecified atom stereocenters. The fraction of sp³-hybridized carbons (Fsp3) is 0. The van der Waals surface area contributed by atoms with E-state index < -0.39 is 0 Å². The van der Waals surface area contributed by atoms with E-state index in [-0.39, 0.29) is 5.88 Å². The summed E-state index contributed by atoms with van der Waals surface area (Å²) < 4.78 is 0. The highest BCUT2D eigenvalue weighted by atomic mass is 16.3. The fourth-order valence-corrected chi connectivity index (χ4v) is 0.430. The first-order chi connectivity index (χ1) is 3.83. The number of hydrogen-bond acceptors (Lipinski definition) is 2. The summed E-state index contributed by atoms with van der Waals surface area (Å²) in [5.74, 6) is 0.655. The molecule has 3 nitrogen and oxygen atoms in total. The average molecular weight is 110 g/mol. The Balaban J connectivity index is 3.00. The zero-order valence-corrected chi connectivity index (χ0v) is 4.26. The Labute approximate surface area is 46.7 Å². The second kappa shape index (κ2) is 1.69. The first-order valence-electron chi connectivity index (χ1n) is 2.19. The van der Waals surface area contributed by atoms with Crippen molar-refractivity contribution < 1.29 is 5.11 Å². The van der Waals surface area contributed by atoms with Gasteiger partial charge >= 0.3 is 0 Å². The Bertz CT molecular complexity index is 192. The molecule has 0 atom stereocenters. The second-order valence-corrected chi connectivity index (χ2v) is 1.36. The lowest BCUT2D eigenvalue weighted by molar-refractivity contribution is 0.456. The van der Waals surface area contributed by atoms with Crippen molar-refractivity contribution in [2.75, 3.05) is 0 Å². The van der Waals surface area contributed by atoms with Crippen molar-refractivity contribution in [1.82, 2.24) is 9.97 Å². The highest BCUT2D eigenvalue weighted by Gasteiger charge is 1.89. The third-order valence-corrected chi connectivity index (χ3v) is 0.775. The summed E-state index contributed by atoms with van der Waals surface area (Å²) in [6, 6.07) is 0. The Morgan fingerprint density at radius 1 is 1.88 bits per heavy atom. The van der Waals surface area contributed by atoms with Gasteiger partial charge in [0.25, 0.3) is 0 Å². The minimum Gasteiger partial charge on any atom is -0.493 e. The third-order valence-electron chi connectivity index (χ3n) is 0.775. The van der Waals surface area contributed by atoms with E-state index in [1.165, 1.54) is 12.3 Å². The van der Waals surface area contributed by atoms with Crippen LogP contribution in [0.2, 0.25) is 0 Å². The monoisotopic (exact) mass is 110 g/mol. The van der Waals surface area contributed by atoms with Crippen molar-refractivity contribution in [3.05, 3.63) is 18.6 Å². The minimum atomic E-state index is 0.0694. The largest absolute Gasteiger partial charge is 0.493 e. The number of imidazole rings is 1. The van der Waals surface area contributed by atoms with Gasteiger partial charge in [0.2, 0.25) is 5.88 Å². The molecular formula is C5H6N2O. The molecule has 0 bridgehead atoms. The Morgan fingerprint density at radius 3 is 2.88 bits per heavy atom. The van der Waals surface area contributed by atoms with Gasteiger partial charge in [-0.2, -0.15) is 0 Å². The maximum atomic E-state index is 8.62. The lowest BCUT2D eigenvalue weighted by Crippen LogP contribution is -1.69. The predicted octanol–water partition coefficient (Wildman–Crippen LogP) is 0.758. The quantitative estimate of drug-likeness (QED) is 0.560. The number of aromatic amines is 1. The second-order valence-electron chi connectivity index (χ2n) is 1.36. The molecule has 0 aliphatic rings. The van der Waals surface area contributed by atoms with E-state index in [1.807, 2.05) is 0 Å². The smallest absolute Gasteiger partial charge is 0.208 e. The molecule has 0 aliphatic carbocycles. The molecule has 2 N–H and O–H groups in total. The normalized spacial score (nSPS) is 9.00. The number of H-pyrrole nitrogens is 1. The van der Waals surface area contributed by atoms with Crippen LogP contribution in [0.5, 0.6) is 5.88 Å². The van der Waals surface area contributed by atoms with E-state index in [2.05, 4.69) is 16.5 Å². The van der Waals surface area contributed by atoms with Crippen LogP contribution in [0.1, 0.15) is 5.82 Å². The fourth-order valence-electron chi connectivity index (χ4n) is 0.430. The molecule has 0 saturated carbocycles. The van der Waals surface area contributed by atoms with Crippen molar-refractivity contribution in [2.45, 2.75) is 0 Å². The van der Waals surface area contributed by atoms with Gasteiger partial charge in [-0.25, -0.2) is 4.98 Å². The summed E-state index contributed by atoms with van der Waals surface area (Å²) in [4.78, 5) is 6.26. The molecule has 0 aliphatic heterocycles. The first-order valence-corrected chi connectivity index (χ1v) is 2.19. The minimum absolute atomic E-state index is 0.0694. The van der Waals surface area contributed by atoms with E-state index >= 15 is 0 Å². The first kappa shape index (κ1) is 4.90. The summed E-state index contributed by atoms with van der Waals surface area (Å²) in [5, 5.41) is 8.62. The Morgan fingerprint density at radius 2 is 2.62 bits per heavy atom. The van der Waals surface area contributed by atoms with Gasteiger partial charge < -0.3 is 10.1 Å². The van der Waals surface area contributed by atoms with Crippen molar-refractivity contribution in [3.8, 4) is 5.88 Å². The predicted molar refractivity (Wildman–Crippen MR) is 30.3 cm³/mol. The molecule has 0 fully saturated rings. The van der Waals surface area contributed by atoms with Gasteiger partial charge in [0, 0.05) is 0 Å². The van der Waals surface area contributed by atoms with Crippen LogP contribution >= 0.6 is 0 Å². The maximum Gasteiger partial charge on any atom is 0.208 e. The van der Waals surface area contributed by atoms with E-state index in [0.717, 1.165) is 0 Å². The molecule has 0 saturated heterocycles. The number of aromatic hydroxyl groups is 1. The average Bonchev–Trinajstić information content (AvgIpc) is 2.14. The highest BCUT2D eigenvalue weighted by molar-refractivity contribution is 5.36. The highest BCUT2D eigenvalue weighted by Crippen LogP contribution is 2.02. The number of hydrogen-bond donors (Lipinski definition) is 2. The third kappa shape index (κ3) is 0.703. The molecule has 0 amide bonds. The Kier molecular flexibility index (Phi) is 1.04. The van der Waals surface area contributed by atoms with Crippen LogP contribution in [-0.4, -0.2) is 15.1 Å². The van der Waals surface area contributed by atoms with Crippen LogP contribution in [0.3, 0.4) is 0 Å². The zero-order valence-electron chi connectivity index (χ0n) is 4.26. The van der Waals surface area contributed by atoms with Gasteiger partial charge in [0.05, 0.1) is 6.20 Å². The van der Waals surface area contributed by atoms with Crippen molar-refractivity contribution in [2.24, 2.45) is 0 Å². The van der Waals surface area contributed by atoms with E-state index in [9.17, 15) is 0 Å². The molecule has 1 rings (SSSR count). The summed E-state index contributed by atoms with van der Waals surface area (Å²) in [5.41, 5.74) is 0. The van der Waals surface area contributed by atoms with Gasteiger partial charge in [-0.3, -0.25) is 0 Å². The van der Waals surface area contributed by atoms with E-state index in [1.54, 1.807) is 0 Å². The van der Waals surface area contributed by atoms with Crippen molar-refractivity contribution in [1.29, 1.82) is 0 Å². The van der Waals surface area contributed by atoms with Crippen LogP contribution in [-0.2, 0) is 0 Å². The van der Waals surface area contributed by atoms with Crippen LogP contribution < -0.4 is 0 Å². The molecule has 42 valence electrons. The van der Waals surface area contributed by atoms with Gasteiger partial charge in [0.1, 0.15) is 5.82 Å². The Hall–Kier alpha value is -1.25. The van der Waals surface area contributed by atoms with Gasteiger partial charge in [-0.15, -0.1) is 0 Å². The maximum absolute atomic E-state index is 8.62. The molecule has 0 radical (unpaired) electrons. The van der Waals surface area contributed by atoms with Crippen molar-refractivity contribution >= 4 is 6.08 Å². The molecule has 1 aromatic heterocycles. The zero-order chi connectivity index (χ0) is 5.98. The molecule has 3 heteroatoms. The SMILES string of the molecule is C=Cc1ncc(O)[nH]1. The molecule has 8 heavy (non-hydrogen) atoms. The van der Waals surface area contributed by atoms with Crippen LogP contribution in [0.25, 0.3) is 6.08 Å². The van der Waals surface area contributed by atoms with E-state index in [0.29, 0.717) is 5.82 Å². The van der Waals surface area contributed by atoms with Gasteiger partial charge in [0.15, 0.2) is 0 Å². The molecular weight excluding hydrogens is 104 g/mol. The summed E-state index contributed by atoms with van der Waals surface area (Å²) in [6.45, 7) is 3.44. The topological polar surface area (TPSA) is 48.9 Å². The summed E-state index contributed by atoms with van der Waals surface area (Å²) >= 11 is 0. The lowest BCUT2D eigenvalue weighted by atomic mass is 10.6. The number of aromatic nitrogens is 2. The summed E-state index contributed by atoms with van der Waals surface area (Å²) in [7, 11) is 0. The van der Waals surface area contributed by atoms with Crippen LogP contribution in [0, 0.1) is 0 Å². The number of nitrogens with zero attached hydrogens (tertiary/aromatic N) is 1. The standard InChI is InChI=1S/C5H6N2O/c1-2-4-6-3-5(8)7-4/h2-3,8H,1H2,(H,6,7). The van der Waals surface area contributed by atoms with Crippen LogP contribution in [0.15, 0.2) is 12.8 Å². The van der Waals surface area contributed by atoms with E-state index in [4.69, 9.17) is 5.11 Å². The van der Waals surface area contributed by atoms with Crippen molar-refractivity contribution in [3.63, 3.8) is 0 Å².